The van der Waals surface area contributed by atoms with Crippen molar-refractivity contribution in [1.82, 2.24) is 20.0 Å². The minimum atomic E-state index is -0.124. The molecule has 156 valence electrons. The van der Waals surface area contributed by atoms with Crippen LogP contribution in [-0.4, -0.2) is 52.1 Å². The Kier molecular flexibility index (Phi) is 5.18. The average molecular weight is 415 g/mol. The third kappa shape index (κ3) is 4.18. The normalized spacial score (nSPS) is 14.1. The number of amides is 1. The number of pyridine rings is 2. The van der Waals surface area contributed by atoms with Crippen LogP contribution in [0.5, 0.6) is 5.75 Å². The highest BCUT2D eigenvalue weighted by atomic mass is 16.5. The molecule has 0 N–H and O–H groups in total. The molecule has 8 nitrogen and oxygen atoms in total. The predicted molar refractivity (Wildman–Crippen MR) is 115 cm³/mol. The Labute approximate surface area is 179 Å². The summed E-state index contributed by atoms with van der Waals surface area (Å²) < 4.78 is 11.1. The Morgan fingerprint density at radius 1 is 1.00 bits per heavy atom. The van der Waals surface area contributed by atoms with E-state index in [0.29, 0.717) is 30.3 Å². The molecule has 1 saturated heterocycles. The van der Waals surface area contributed by atoms with Gasteiger partial charge in [-0.3, -0.25) is 14.8 Å². The van der Waals surface area contributed by atoms with Crippen molar-refractivity contribution in [3.8, 4) is 5.75 Å². The van der Waals surface area contributed by atoms with Crippen molar-refractivity contribution < 1.29 is 14.1 Å². The van der Waals surface area contributed by atoms with Crippen molar-refractivity contribution in [2.45, 2.75) is 6.61 Å². The summed E-state index contributed by atoms with van der Waals surface area (Å²) in [6.07, 6.45) is 5.32. The molecule has 8 heteroatoms. The topological polar surface area (TPSA) is 84.6 Å². The van der Waals surface area contributed by atoms with E-state index in [1.807, 2.05) is 42.5 Å². The summed E-state index contributed by atoms with van der Waals surface area (Å²) in [5.74, 6) is 1.09. The Bertz CT molecular complexity index is 1190. The van der Waals surface area contributed by atoms with Crippen molar-refractivity contribution in [3.05, 3.63) is 78.6 Å². The quantitative estimate of drug-likeness (QED) is 0.495. The molecular weight excluding hydrogens is 394 g/mol. The molecule has 0 unspecified atom stereocenters. The molecule has 5 rings (SSSR count). The maximum absolute atomic E-state index is 12.8. The fourth-order valence-corrected chi connectivity index (χ4v) is 3.66. The van der Waals surface area contributed by atoms with Crippen molar-refractivity contribution in [2.75, 3.05) is 31.1 Å². The largest absolute Gasteiger partial charge is 0.486 e. The lowest BCUT2D eigenvalue weighted by atomic mass is 10.2. The van der Waals surface area contributed by atoms with E-state index in [0.717, 1.165) is 29.7 Å². The lowest BCUT2D eigenvalue weighted by Gasteiger charge is -2.35. The van der Waals surface area contributed by atoms with Gasteiger partial charge in [0.2, 0.25) is 0 Å². The van der Waals surface area contributed by atoms with Gasteiger partial charge in [-0.05, 0) is 36.4 Å². The first kappa shape index (κ1) is 19.0. The van der Waals surface area contributed by atoms with Gasteiger partial charge in [0, 0.05) is 61.9 Å². The Balaban J connectivity index is 1.18. The van der Waals surface area contributed by atoms with Crippen LogP contribution in [-0.2, 0) is 6.61 Å². The van der Waals surface area contributed by atoms with Crippen molar-refractivity contribution in [2.24, 2.45) is 0 Å². The SMILES string of the molecule is O=C(c1cc(COc2ccc3ncccc3c2)on1)N1CCN(c2ccncc2)CC1. The molecule has 0 aliphatic carbocycles. The second kappa shape index (κ2) is 8.43. The smallest absolute Gasteiger partial charge is 0.276 e. The molecule has 4 heterocycles. The van der Waals surface area contributed by atoms with Crippen LogP contribution in [0.2, 0.25) is 0 Å². The van der Waals surface area contributed by atoms with Gasteiger partial charge < -0.3 is 19.1 Å². The number of carbonyl (C=O) groups is 1. The molecule has 0 saturated carbocycles. The van der Waals surface area contributed by atoms with E-state index in [4.69, 9.17) is 9.26 Å². The molecule has 1 aliphatic rings. The van der Waals surface area contributed by atoms with E-state index in [9.17, 15) is 4.79 Å². The predicted octanol–water partition coefficient (Wildman–Crippen LogP) is 3.16. The van der Waals surface area contributed by atoms with Gasteiger partial charge in [-0.25, -0.2) is 0 Å². The fourth-order valence-electron chi connectivity index (χ4n) is 3.66. The van der Waals surface area contributed by atoms with Gasteiger partial charge in [0.25, 0.3) is 5.91 Å². The number of carbonyl (C=O) groups excluding carboxylic acids is 1. The molecule has 1 amide bonds. The van der Waals surface area contributed by atoms with Crippen LogP contribution < -0.4 is 9.64 Å². The minimum absolute atomic E-state index is 0.124. The molecule has 0 spiro atoms. The van der Waals surface area contributed by atoms with E-state index < -0.39 is 0 Å². The number of hydrogen-bond acceptors (Lipinski definition) is 7. The zero-order valence-electron chi connectivity index (χ0n) is 16.8. The molecule has 0 bridgehead atoms. The van der Waals surface area contributed by atoms with Crippen molar-refractivity contribution in [1.29, 1.82) is 0 Å². The van der Waals surface area contributed by atoms with Crippen molar-refractivity contribution >= 4 is 22.5 Å². The summed E-state index contributed by atoms with van der Waals surface area (Å²) in [7, 11) is 0. The summed E-state index contributed by atoms with van der Waals surface area (Å²) in [5.41, 5.74) is 2.33. The minimum Gasteiger partial charge on any atom is -0.486 e. The van der Waals surface area contributed by atoms with E-state index in [-0.39, 0.29) is 12.5 Å². The van der Waals surface area contributed by atoms with Gasteiger partial charge in [0.15, 0.2) is 11.5 Å². The molecule has 4 aromatic rings. The van der Waals surface area contributed by atoms with Crippen LogP contribution >= 0.6 is 0 Å². The number of nitrogens with zero attached hydrogens (tertiary/aromatic N) is 5. The molecule has 3 aromatic heterocycles. The second-order valence-electron chi connectivity index (χ2n) is 7.31. The summed E-state index contributed by atoms with van der Waals surface area (Å²) in [5, 5.41) is 4.95. The summed E-state index contributed by atoms with van der Waals surface area (Å²) in [4.78, 5) is 25.2. The highest BCUT2D eigenvalue weighted by Gasteiger charge is 2.24. The zero-order valence-corrected chi connectivity index (χ0v) is 16.8. The van der Waals surface area contributed by atoms with Crippen LogP contribution in [0.3, 0.4) is 0 Å². The molecule has 0 atom stereocenters. The van der Waals surface area contributed by atoms with E-state index in [2.05, 4.69) is 20.0 Å². The highest BCUT2D eigenvalue weighted by Crippen LogP contribution is 2.21. The first-order valence-electron chi connectivity index (χ1n) is 10.1. The number of fused-ring (bicyclic) bond motifs is 1. The molecular formula is C23H21N5O3. The number of hydrogen-bond donors (Lipinski definition) is 0. The fraction of sp³-hybridized carbons (Fsp3) is 0.217. The maximum atomic E-state index is 12.8. The summed E-state index contributed by atoms with van der Waals surface area (Å²) >= 11 is 0. The van der Waals surface area contributed by atoms with Crippen LogP contribution in [0.1, 0.15) is 16.2 Å². The molecule has 1 aromatic carbocycles. The van der Waals surface area contributed by atoms with Gasteiger partial charge >= 0.3 is 0 Å². The number of piperazine rings is 1. The van der Waals surface area contributed by atoms with Crippen molar-refractivity contribution in [3.63, 3.8) is 0 Å². The number of rotatable bonds is 5. The van der Waals surface area contributed by atoms with Gasteiger partial charge in [-0.1, -0.05) is 11.2 Å². The Morgan fingerprint density at radius 2 is 1.84 bits per heavy atom. The number of anilines is 1. The molecule has 31 heavy (non-hydrogen) atoms. The standard InChI is InChI=1S/C23H21N5O3/c29-23(28-12-10-27(11-13-28)18-5-8-24-9-6-18)22-15-20(31-26-22)16-30-19-3-4-21-17(14-19)2-1-7-25-21/h1-9,14-15H,10-13,16H2. The average Bonchev–Trinajstić information content (AvgIpc) is 3.32. The first-order chi connectivity index (χ1) is 15.3. The number of ether oxygens (including phenoxy) is 1. The lowest BCUT2D eigenvalue weighted by molar-refractivity contribution is 0.0736. The van der Waals surface area contributed by atoms with Crippen LogP contribution in [0.4, 0.5) is 5.69 Å². The van der Waals surface area contributed by atoms with E-state index in [1.165, 1.54) is 0 Å². The van der Waals surface area contributed by atoms with Gasteiger partial charge in [-0.2, -0.15) is 0 Å². The van der Waals surface area contributed by atoms with Crippen LogP contribution in [0, 0.1) is 0 Å². The lowest BCUT2D eigenvalue weighted by Crippen LogP contribution is -2.48. The Morgan fingerprint density at radius 3 is 2.68 bits per heavy atom. The van der Waals surface area contributed by atoms with Gasteiger partial charge in [0.05, 0.1) is 5.52 Å². The van der Waals surface area contributed by atoms with Crippen LogP contribution in [0.25, 0.3) is 10.9 Å². The van der Waals surface area contributed by atoms with E-state index in [1.54, 1.807) is 29.6 Å². The first-order valence-corrected chi connectivity index (χ1v) is 10.1. The molecule has 1 fully saturated rings. The maximum Gasteiger partial charge on any atom is 0.276 e. The second-order valence-corrected chi connectivity index (χ2v) is 7.31. The van der Waals surface area contributed by atoms with Gasteiger partial charge in [-0.15, -0.1) is 0 Å². The third-order valence-electron chi connectivity index (χ3n) is 5.33. The van der Waals surface area contributed by atoms with E-state index >= 15 is 0 Å². The highest BCUT2D eigenvalue weighted by molar-refractivity contribution is 5.92. The zero-order chi connectivity index (χ0) is 21.0. The third-order valence-corrected chi connectivity index (χ3v) is 5.33. The number of benzene rings is 1. The molecule has 0 radical (unpaired) electrons. The van der Waals surface area contributed by atoms with Gasteiger partial charge in [0.1, 0.15) is 12.4 Å². The molecule has 1 aliphatic heterocycles. The van der Waals surface area contributed by atoms with Crippen LogP contribution in [0.15, 0.2) is 71.6 Å². The Hall–Kier alpha value is -3.94. The summed E-state index contributed by atoms with van der Waals surface area (Å²) in [6, 6.07) is 15.2. The monoisotopic (exact) mass is 415 g/mol. The number of aromatic nitrogens is 3. The summed E-state index contributed by atoms with van der Waals surface area (Å²) in [6.45, 7) is 2.98.